The highest BCUT2D eigenvalue weighted by atomic mass is 79.9. The minimum absolute atomic E-state index is 0.0354. The van der Waals surface area contributed by atoms with E-state index >= 15 is 0 Å². The summed E-state index contributed by atoms with van der Waals surface area (Å²) in [5.74, 6) is 0.751. The van der Waals surface area contributed by atoms with E-state index in [1.807, 2.05) is 13.0 Å². The first-order chi connectivity index (χ1) is 15.4. The first kappa shape index (κ1) is 22.1. The van der Waals surface area contributed by atoms with Crippen molar-refractivity contribution in [3.05, 3.63) is 69.1 Å². The molecule has 0 radical (unpaired) electrons. The standard InChI is InChI=1S/C24H24BrN3O4/c1-13-21(24(30)28-20-10-7-14(25)12-26-20)22(23-17(27-13)5-4-6-18(23)29)16-11-15(31-2)8-9-19(16)32-3/h7-12,22,27H,4-6H2,1-3H3,(H,26,28,30). The summed E-state index contributed by atoms with van der Waals surface area (Å²) in [5, 5.41) is 6.19. The summed E-state index contributed by atoms with van der Waals surface area (Å²) in [4.78, 5) is 30.9. The molecule has 2 aromatic rings. The van der Waals surface area contributed by atoms with Crippen molar-refractivity contribution < 1.29 is 19.1 Å². The van der Waals surface area contributed by atoms with Crippen LogP contribution in [0.15, 0.2) is 63.5 Å². The van der Waals surface area contributed by atoms with Gasteiger partial charge in [-0.15, -0.1) is 0 Å². The average Bonchev–Trinajstić information content (AvgIpc) is 2.79. The van der Waals surface area contributed by atoms with Crippen molar-refractivity contribution in [3.63, 3.8) is 0 Å². The van der Waals surface area contributed by atoms with Gasteiger partial charge in [0.15, 0.2) is 5.78 Å². The molecule has 0 bridgehead atoms. The van der Waals surface area contributed by atoms with Crippen LogP contribution in [0.3, 0.4) is 0 Å². The van der Waals surface area contributed by atoms with Crippen LogP contribution < -0.4 is 20.1 Å². The molecule has 0 saturated carbocycles. The molecule has 0 fully saturated rings. The van der Waals surface area contributed by atoms with Crippen LogP contribution in [0.5, 0.6) is 11.5 Å². The van der Waals surface area contributed by atoms with Crippen LogP contribution in [-0.2, 0) is 9.59 Å². The van der Waals surface area contributed by atoms with Crippen LogP contribution in [0.4, 0.5) is 5.82 Å². The number of amides is 1. The van der Waals surface area contributed by atoms with Crippen molar-refractivity contribution >= 4 is 33.4 Å². The van der Waals surface area contributed by atoms with Crippen molar-refractivity contribution in [2.45, 2.75) is 32.1 Å². The first-order valence-electron chi connectivity index (χ1n) is 10.3. The first-order valence-corrected chi connectivity index (χ1v) is 11.1. The van der Waals surface area contributed by atoms with Crippen molar-refractivity contribution in [1.82, 2.24) is 10.3 Å². The Kier molecular flexibility index (Phi) is 6.32. The molecule has 2 aliphatic rings. The number of hydrogen-bond donors (Lipinski definition) is 2. The second-order valence-corrected chi connectivity index (χ2v) is 8.60. The largest absolute Gasteiger partial charge is 0.497 e. The number of Topliss-reactive ketones (excluding diaryl/α,β-unsaturated/α-hetero) is 1. The molecule has 1 unspecified atom stereocenters. The predicted octanol–water partition coefficient (Wildman–Crippen LogP) is 4.47. The SMILES string of the molecule is COc1ccc(OC)c(C2C(C(=O)Nc3ccc(Br)cn3)=C(C)NC3=C2C(=O)CCC3)c1. The molecule has 1 aromatic heterocycles. The van der Waals surface area contributed by atoms with E-state index in [0.717, 1.165) is 23.0 Å². The van der Waals surface area contributed by atoms with Gasteiger partial charge in [-0.3, -0.25) is 9.59 Å². The van der Waals surface area contributed by atoms with Gasteiger partial charge in [-0.05, 0) is 66.0 Å². The highest BCUT2D eigenvalue weighted by molar-refractivity contribution is 9.10. The zero-order valence-electron chi connectivity index (χ0n) is 18.1. The Balaban J connectivity index is 1.85. The topological polar surface area (TPSA) is 89.6 Å². The Hall–Kier alpha value is -3.13. The molecular weight excluding hydrogens is 474 g/mol. The Labute approximate surface area is 195 Å². The maximum atomic E-state index is 13.5. The van der Waals surface area contributed by atoms with E-state index < -0.39 is 5.92 Å². The lowest BCUT2D eigenvalue weighted by molar-refractivity contribution is -0.116. The van der Waals surface area contributed by atoms with Gasteiger partial charge in [0.05, 0.1) is 20.1 Å². The molecular formula is C24H24BrN3O4. The lowest BCUT2D eigenvalue weighted by Gasteiger charge is -2.35. The van der Waals surface area contributed by atoms with Gasteiger partial charge in [-0.1, -0.05) is 0 Å². The lowest BCUT2D eigenvalue weighted by atomic mass is 9.74. The van der Waals surface area contributed by atoms with Crippen LogP contribution in [0.2, 0.25) is 0 Å². The average molecular weight is 498 g/mol. The second-order valence-electron chi connectivity index (χ2n) is 7.69. The molecule has 1 atom stereocenters. The molecule has 7 nitrogen and oxygen atoms in total. The molecule has 2 N–H and O–H groups in total. The van der Waals surface area contributed by atoms with Crippen molar-refractivity contribution in [3.8, 4) is 11.5 Å². The Morgan fingerprint density at radius 3 is 2.69 bits per heavy atom. The number of nitrogens with one attached hydrogen (secondary N) is 2. The zero-order chi connectivity index (χ0) is 22.8. The van der Waals surface area contributed by atoms with Crippen molar-refractivity contribution in [2.75, 3.05) is 19.5 Å². The molecule has 1 aliphatic carbocycles. The zero-order valence-corrected chi connectivity index (χ0v) is 19.7. The minimum Gasteiger partial charge on any atom is -0.497 e. The maximum Gasteiger partial charge on any atom is 0.255 e. The van der Waals surface area contributed by atoms with Gasteiger partial charge in [0, 0.05) is 45.2 Å². The van der Waals surface area contributed by atoms with Gasteiger partial charge in [-0.2, -0.15) is 0 Å². The van der Waals surface area contributed by atoms with Crippen molar-refractivity contribution in [2.24, 2.45) is 0 Å². The predicted molar refractivity (Wildman–Crippen MR) is 125 cm³/mol. The molecule has 0 saturated heterocycles. The number of hydrogen-bond acceptors (Lipinski definition) is 6. The third-order valence-corrected chi connectivity index (χ3v) is 6.21. The number of aromatic nitrogens is 1. The number of benzene rings is 1. The number of nitrogens with zero attached hydrogens (tertiary/aromatic N) is 1. The van der Waals surface area contributed by atoms with Crippen LogP contribution in [0, 0.1) is 0 Å². The monoisotopic (exact) mass is 497 g/mol. The third-order valence-electron chi connectivity index (χ3n) is 5.74. The lowest BCUT2D eigenvalue weighted by Crippen LogP contribution is -2.35. The van der Waals surface area contributed by atoms with Gasteiger partial charge in [-0.25, -0.2) is 4.98 Å². The highest BCUT2D eigenvalue weighted by Crippen LogP contribution is 2.46. The second kappa shape index (κ2) is 9.16. The number of dihydropyridines is 1. The van der Waals surface area contributed by atoms with Crippen LogP contribution >= 0.6 is 15.9 Å². The molecule has 0 spiro atoms. The quantitative estimate of drug-likeness (QED) is 0.633. The maximum absolute atomic E-state index is 13.5. The smallest absolute Gasteiger partial charge is 0.255 e. The van der Waals surface area contributed by atoms with E-state index in [-0.39, 0.29) is 11.7 Å². The van der Waals surface area contributed by atoms with Gasteiger partial charge in [0.1, 0.15) is 17.3 Å². The summed E-state index contributed by atoms with van der Waals surface area (Å²) in [6, 6.07) is 8.94. The fourth-order valence-corrected chi connectivity index (χ4v) is 4.53. The normalized spacial score (nSPS) is 18.1. The fraction of sp³-hybridized carbons (Fsp3) is 0.292. The van der Waals surface area contributed by atoms with E-state index in [4.69, 9.17) is 9.47 Å². The number of carbonyl (C=O) groups excluding carboxylic acids is 2. The van der Waals surface area contributed by atoms with Gasteiger partial charge in [0.25, 0.3) is 5.91 Å². The molecule has 4 rings (SSSR count). The molecule has 1 aliphatic heterocycles. The van der Waals surface area contributed by atoms with E-state index in [9.17, 15) is 9.59 Å². The number of halogens is 1. The van der Waals surface area contributed by atoms with E-state index in [2.05, 4.69) is 31.5 Å². The summed E-state index contributed by atoms with van der Waals surface area (Å²) in [5.41, 5.74) is 3.34. The van der Waals surface area contributed by atoms with Crippen LogP contribution in [0.1, 0.15) is 37.7 Å². The summed E-state index contributed by atoms with van der Waals surface area (Å²) in [6.07, 6.45) is 3.60. The molecule has 8 heteroatoms. The number of methoxy groups -OCH3 is 2. The summed E-state index contributed by atoms with van der Waals surface area (Å²) < 4.78 is 11.9. The summed E-state index contributed by atoms with van der Waals surface area (Å²) in [7, 11) is 3.16. The van der Waals surface area contributed by atoms with Crippen molar-refractivity contribution in [1.29, 1.82) is 0 Å². The summed E-state index contributed by atoms with van der Waals surface area (Å²) in [6.45, 7) is 1.85. The molecule has 1 amide bonds. The number of pyridine rings is 1. The number of rotatable bonds is 5. The molecule has 166 valence electrons. The number of allylic oxidation sites excluding steroid dienone is 3. The molecule has 1 aromatic carbocycles. The molecule has 32 heavy (non-hydrogen) atoms. The molecule has 2 heterocycles. The fourth-order valence-electron chi connectivity index (χ4n) is 4.29. The van der Waals surface area contributed by atoms with Gasteiger partial charge < -0.3 is 20.1 Å². The van der Waals surface area contributed by atoms with Gasteiger partial charge in [0.2, 0.25) is 0 Å². The van der Waals surface area contributed by atoms with Gasteiger partial charge >= 0.3 is 0 Å². The minimum atomic E-state index is -0.584. The Morgan fingerprint density at radius 1 is 1.19 bits per heavy atom. The van der Waals surface area contributed by atoms with Crippen LogP contribution in [-0.4, -0.2) is 30.9 Å². The van der Waals surface area contributed by atoms with E-state index in [1.165, 1.54) is 0 Å². The van der Waals surface area contributed by atoms with E-state index in [1.54, 1.807) is 44.7 Å². The Bertz CT molecular complexity index is 1140. The number of carbonyl (C=O) groups is 2. The number of ether oxygens (including phenoxy) is 2. The number of ketones is 1. The van der Waals surface area contributed by atoms with E-state index in [0.29, 0.717) is 46.1 Å². The summed E-state index contributed by atoms with van der Waals surface area (Å²) >= 11 is 3.35. The highest BCUT2D eigenvalue weighted by Gasteiger charge is 2.40. The van der Waals surface area contributed by atoms with Crippen LogP contribution in [0.25, 0.3) is 0 Å². The Morgan fingerprint density at radius 2 is 2.00 bits per heavy atom. The third kappa shape index (κ3) is 4.14. The number of anilines is 1.